The van der Waals surface area contributed by atoms with Crippen molar-refractivity contribution in [2.75, 3.05) is 5.32 Å². The minimum absolute atomic E-state index is 0.0925. The van der Waals surface area contributed by atoms with E-state index in [1.165, 1.54) is 6.07 Å². The molecule has 30 heavy (non-hydrogen) atoms. The summed E-state index contributed by atoms with van der Waals surface area (Å²) in [5, 5.41) is 5.26. The summed E-state index contributed by atoms with van der Waals surface area (Å²) >= 11 is 0. The lowest BCUT2D eigenvalue weighted by Gasteiger charge is -2.15. The van der Waals surface area contributed by atoms with Gasteiger partial charge in [-0.3, -0.25) is 4.98 Å². The predicted molar refractivity (Wildman–Crippen MR) is 109 cm³/mol. The molecule has 0 saturated carbocycles. The fraction of sp³-hybridized carbons (Fsp3) is 0.182. The summed E-state index contributed by atoms with van der Waals surface area (Å²) in [7, 11) is 0. The number of carbonyl (C=O) groups excluding carboxylic acids is 1. The largest absolute Gasteiger partial charge is 0.487 e. The van der Waals surface area contributed by atoms with Gasteiger partial charge in [0.1, 0.15) is 18.1 Å². The molecule has 0 spiro atoms. The minimum Gasteiger partial charge on any atom is -0.487 e. The van der Waals surface area contributed by atoms with Gasteiger partial charge in [-0.1, -0.05) is 30.3 Å². The lowest BCUT2D eigenvalue weighted by molar-refractivity contribution is -0.0493. The number of amides is 2. The maximum Gasteiger partial charge on any atom is 0.387 e. The number of benzene rings is 2. The fourth-order valence-electron chi connectivity index (χ4n) is 2.72. The van der Waals surface area contributed by atoms with E-state index in [-0.39, 0.29) is 18.0 Å². The zero-order chi connectivity index (χ0) is 21.3. The summed E-state index contributed by atoms with van der Waals surface area (Å²) in [6.07, 6.45) is 1.70. The zero-order valence-corrected chi connectivity index (χ0v) is 16.3. The fourth-order valence-corrected chi connectivity index (χ4v) is 2.72. The van der Waals surface area contributed by atoms with Gasteiger partial charge < -0.3 is 20.1 Å². The first-order valence-corrected chi connectivity index (χ1v) is 9.22. The van der Waals surface area contributed by atoms with Crippen LogP contribution >= 0.6 is 0 Å². The summed E-state index contributed by atoms with van der Waals surface area (Å²) in [6.45, 7) is -0.734. The van der Waals surface area contributed by atoms with Crippen molar-refractivity contribution >= 4 is 11.7 Å². The zero-order valence-electron chi connectivity index (χ0n) is 16.3. The number of hydrogen-bond acceptors (Lipinski definition) is 4. The Morgan fingerprint density at radius 2 is 1.93 bits per heavy atom. The quantitative estimate of drug-likeness (QED) is 0.551. The minimum atomic E-state index is -2.98. The molecule has 0 saturated heterocycles. The second kappa shape index (κ2) is 10.2. The third-order valence-corrected chi connectivity index (χ3v) is 4.15. The number of hydrogen-bond donors (Lipinski definition) is 2. The number of rotatable bonds is 8. The van der Waals surface area contributed by atoms with Gasteiger partial charge in [0, 0.05) is 12.7 Å². The van der Waals surface area contributed by atoms with E-state index in [2.05, 4.69) is 20.4 Å². The maximum absolute atomic E-state index is 12.6. The monoisotopic (exact) mass is 413 g/mol. The number of nitrogens with zero attached hydrogens (tertiary/aromatic N) is 1. The van der Waals surface area contributed by atoms with E-state index in [4.69, 9.17) is 4.74 Å². The molecule has 0 aliphatic rings. The van der Waals surface area contributed by atoms with Crippen LogP contribution in [-0.4, -0.2) is 17.6 Å². The number of aryl methyl sites for hydroxylation is 1. The SMILES string of the molecule is Cc1cccc(OC(F)F)c1NC(=O)NCc1cccc(OCc2ccccn2)c1. The van der Waals surface area contributed by atoms with Gasteiger partial charge in [0.15, 0.2) is 0 Å². The van der Waals surface area contributed by atoms with Crippen LogP contribution < -0.4 is 20.1 Å². The molecular formula is C22H21F2N3O3. The van der Waals surface area contributed by atoms with Crippen molar-refractivity contribution in [1.82, 2.24) is 10.3 Å². The van der Waals surface area contributed by atoms with Gasteiger partial charge in [-0.25, -0.2) is 4.79 Å². The molecule has 2 amide bonds. The normalized spacial score (nSPS) is 10.5. The van der Waals surface area contributed by atoms with Crippen LogP contribution in [-0.2, 0) is 13.2 Å². The molecule has 1 aromatic heterocycles. The molecule has 156 valence electrons. The summed E-state index contributed by atoms with van der Waals surface area (Å²) in [4.78, 5) is 16.5. The van der Waals surface area contributed by atoms with Crippen LogP contribution in [0.1, 0.15) is 16.8 Å². The summed E-state index contributed by atoms with van der Waals surface area (Å²) in [5.74, 6) is 0.553. The lowest BCUT2D eigenvalue weighted by atomic mass is 10.2. The van der Waals surface area contributed by atoms with Gasteiger partial charge in [0.25, 0.3) is 0 Å². The standard InChI is InChI=1S/C22H21F2N3O3/c1-15-6-4-10-19(30-21(23)24)20(15)27-22(28)26-13-16-7-5-9-18(12-16)29-14-17-8-2-3-11-25-17/h2-12,21H,13-14H2,1H3,(H2,26,27,28). The Bertz CT molecular complexity index is 984. The molecule has 3 aromatic rings. The van der Waals surface area contributed by atoms with Crippen molar-refractivity contribution in [3.05, 3.63) is 83.7 Å². The average molecular weight is 413 g/mol. The predicted octanol–water partition coefficient (Wildman–Crippen LogP) is 4.89. The molecule has 8 heteroatoms. The molecule has 0 unspecified atom stereocenters. The molecule has 6 nitrogen and oxygen atoms in total. The van der Waals surface area contributed by atoms with E-state index in [0.717, 1.165) is 11.3 Å². The van der Waals surface area contributed by atoms with Crippen molar-refractivity contribution in [3.8, 4) is 11.5 Å². The number of nitrogens with one attached hydrogen (secondary N) is 2. The topological polar surface area (TPSA) is 72.5 Å². The van der Waals surface area contributed by atoms with E-state index in [0.29, 0.717) is 17.9 Å². The molecule has 0 atom stereocenters. The molecule has 0 fully saturated rings. The van der Waals surface area contributed by atoms with Crippen LogP contribution in [0.5, 0.6) is 11.5 Å². The lowest BCUT2D eigenvalue weighted by Crippen LogP contribution is -2.28. The van der Waals surface area contributed by atoms with Crippen LogP contribution in [0, 0.1) is 6.92 Å². The van der Waals surface area contributed by atoms with Crippen molar-refractivity contribution in [3.63, 3.8) is 0 Å². The second-order valence-electron chi connectivity index (χ2n) is 6.39. The Morgan fingerprint density at radius 3 is 2.70 bits per heavy atom. The summed E-state index contributed by atoms with van der Waals surface area (Å²) in [6, 6.07) is 17.0. The van der Waals surface area contributed by atoms with E-state index in [1.54, 1.807) is 25.3 Å². The van der Waals surface area contributed by atoms with Crippen LogP contribution in [0.4, 0.5) is 19.3 Å². The van der Waals surface area contributed by atoms with E-state index >= 15 is 0 Å². The smallest absolute Gasteiger partial charge is 0.387 e. The number of pyridine rings is 1. The van der Waals surface area contributed by atoms with Crippen molar-refractivity contribution in [2.45, 2.75) is 26.7 Å². The number of carbonyl (C=O) groups is 1. The van der Waals surface area contributed by atoms with Gasteiger partial charge in [0.2, 0.25) is 0 Å². The Labute approximate surface area is 172 Å². The first-order valence-electron chi connectivity index (χ1n) is 9.22. The molecule has 2 N–H and O–H groups in total. The molecule has 0 aliphatic heterocycles. The van der Waals surface area contributed by atoms with Crippen LogP contribution in [0.25, 0.3) is 0 Å². The maximum atomic E-state index is 12.6. The van der Waals surface area contributed by atoms with Gasteiger partial charge in [-0.2, -0.15) is 8.78 Å². The highest BCUT2D eigenvalue weighted by molar-refractivity contribution is 5.91. The van der Waals surface area contributed by atoms with E-state index in [9.17, 15) is 13.6 Å². The Kier molecular flexibility index (Phi) is 7.15. The Morgan fingerprint density at radius 1 is 1.10 bits per heavy atom. The number of urea groups is 1. The first kappa shape index (κ1) is 21.0. The number of para-hydroxylation sites is 1. The number of aromatic nitrogens is 1. The number of anilines is 1. The molecule has 1 heterocycles. The van der Waals surface area contributed by atoms with Crippen molar-refractivity contribution < 1.29 is 23.0 Å². The van der Waals surface area contributed by atoms with Crippen molar-refractivity contribution in [2.24, 2.45) is 0 Å². The van der Waals surface area contributed by atoms with Gasteiger partial charge in [-0.15, -0.1) is 0 Å². The van der Waals surface area contributed by atoms with E-state index in [1.807, 2.05) is 42.5 Å². The summed E-state index contributed by atoms with van der Waals surface area (Å²) in [5.41, 5.74) is 2.42. The van der Waals surface area contributed by atoms with E-state index < -0.39 is 12.6 Å². The second-order valence-corrected chi connectivity index (χ2v) is 6.39. The van der Waals surface area contributed by atoms with Crippen molar-refractivity contribution in [1.29, 1.82) is 0 Å². The highest BCUT2D eigenvalue weighted by Gasteiger charge is 2.14. The molecule has 2 aromatic carbocycles. The van der Waals surface area contributed by atoms with Gasteiger partial charge in [-0.05, 0) is 48.4 Å². The van der Waals surface area contributed by atoms with Crippen LogP contribution in [0.15, 0.2) is 66.9 Å². The van der Waals surface area contributed by atoms with Crippen LogP contribution in [0.3, 0.4) is 0 Å². The highest BCUT2D eigenvalue weighted by atomic mass is 19.3. The van der Waals surface area contributed by atoms with Crippen LogP contribution in [0.2, 0.25) is 0 Å². The Hall–Kier alpha value is -3.68. The highest BCUT2D eigenvalue weighted by Crippen LogP contribution is 2.29. The molecule has 0 aliphatic carbocycles. The number of halogens is 2. The third kappa shape index (κ3) is 6.16. The third-order valence-electron chi connectivity index (χ3n) is 4.15. The Balaban J connectivity index is 1.56. The molecule has 3 rings (SSSR count). The summed E-state index contributed by atoms with van der Waals surface area (Å²) < 4.78 is 35.4. The first-order chi connectivity index (χ1) is 14.5. The van der Waals surface area contributed by atoms with Gasteiger partial charge >= 0.3 is 12.6 Å². The number of ether oxygens (including phenoxy) is 2. The molecule has 0 bridgehead atoms. The number of alkyl halides is 2. The van der Waals surface area contributed by atoms with Gasteiger partial charge in [0.05, 0.1) is 11.4 Å². The average Bonchev–Trinajstić information content (AvgIpc) is 2.74. The molecule has 0 radical (unpaired) electrons. The molecular weight excluding hydrogens is 392 g/mol.